The Morgan fingerprint density at radius 2 is 1.84 bits per heavy atom. The SMILES string of the molecule is COC(=O)CCCCCC(N)N1CCc2c(c3cc(F)ccc3n2-c2ccc(F)cc2)C1. The second kappa shape index (κ2) is 9.79. The predicted octanol–water partition coefficient (Wildman–Crippen LogP) is 4.68. The Bertz CT molecular complexity index is 1090. The molecule has 0 fully saturated rings. The molecule has 2 aromatic carbocycles. The molecule has 3 aromatic rings. The molecule has 0 amide bonds. The molecule has 0 radical (unpaired) electrons. The highest BCUT2D eigenvalue weighted by molar-refractivity contribution is 5.87. The quantitative estimate of drug-likeness (QED) is 0.408. The molecule has 1 aliphatic rings. The maximum Gasteiger partial charge on any atom is 0.305 e. The van der Waals surface area contributed by atoms with Gasteiger partial charge in [-0.1, -0.05) is 12.8 Å². The molecule has 1 atom stereocenters. The van der Waals surface area contributed by atoms with Crippen LogP contribution < -0.4 is 5.73 Å². The number of halogens is 2. The van der Waals surface area contributed by atoms with E-state index in [0.29, 0.717) is 13.0 Å². The summed E-state index contributed by atoms with van der Waals surface area (Å²) in [7, 11) is 1.40. The van der Waals surface area contributed by atoms with Gasteiger partial charge in [-0.3, -0.25) is 9.69 Å². The Hall–Kier alpha value is -2.77. The number of benzene rings is 2. The Kier molecular flexibility index (Phi) is 6.86. The van der Waals surface area contributed by atoms with Crippen molar-refractivity contribution in [1.29, 1.82) is 0 Å². The molecular formula is C25H29F2N3O2. The van der Waals surface area contributed by atoms with E-state index >= 15 is 0 Å². The molecule has 0 saturated carbocycles. The monoisotopic (exact) mass is 441 g/mol. The summed E-state index contributed by atoms with van der Waals surface area (Å²) in [5.41, 5.74) is 10.5. The maximum absolute atomic E-state index is 14.1. The van der Waals surface area contributed by atoms with Crippen molar-refractivity contribution < 1.29 is 18.3 Å². The highest BCUT2D eigenvalue weighted by Gasteiger charge is 2.27. The Labute approximate surface area is 186 Å². The van der Waals surface area contributed by atoms with Gasteiger partial charge in [0.2, 0.25) is 0 Å². The maximum atomic E-state index is 14.1. The van der Waals surface area contributed by atoms with Crippen LogP contribution in [0.4, 0.5) is 8.78 Å². The standard InChI is InChI=1S/C25H29F2N3O2/c1-32-25(31)6-4-2-3-5-24(28)29-14-13-23-21(16-29)20-15-18(27)9-12-22(20)30(23)19-10-7-17(26)8-11-19/h7-12,15,24H,2-6,13-14,16,28H2,1H3. The van der Waals surface area contributed by atoms with Crippen LogP contribution in [0.3, 0.4) is 0 Å². The summed E-state index contributed by atoms with van der Waals surface area (Å²) >= 11 is 0. The number of carbonyl (C=O) groups is 1. The van der Waals surface area contributed by atoms with Crippen molar-refractivity contribution in [2.45, 2.75) is 51.2 Å². The van der Waals surface area contributed by atoms with Gasteiger partial charge >= 0.3 is 5.97 Å². The zero-order valence-electron chi connectivity index (χ0n) is 18.3. The van der Waals surface area contributed by atoms with Crippen LogP contribution in [0.25, 0.3) is 16.6 Å². The number of methoxy groups -OCH3 is 1. The summed E-state index contributed by atoms with van der Waals surface area (Å²) in [5.74, 6) is -0.736. The number of esters is 1. The molecule has 1 aliphatic heterocycles. The van der Waals surface area contributed by atoms with Crippen molar-refractivity contribution >= 4 is 16.9 Å². The summed E-state index contributed by atoms with van der Waals surface area (Å²) in [4.78, 5) is 13.5. The number of rotatable bonds is 8. The lowest BCUT2D eigenvalue weighted by Crippen LogP contribution is -2.44. The number of hydrogen-bond acceptors (Lipinski definition) is 4. The number of nitrogens with zero attached hydrogens (tertiary/aromatic N) is 2. The Balaban J connectivity index is 1.52. The van der Waals surface area contributed by atoms with Crippen LogP contribution in [0, 0.1) is 11.6 Å². The molecule has 0 spiro atoms. The van der Waals surface area contributed by atoms with Gasteiger partial charge in [0.1, 0.15) is 11.6 Å². The van der Waals surface area contributed by atoms with Gasteiger partial charge < -0.3 is 15.0 Å². The molecule has 170 valence electrons. The molecule has 0 saturated heterocycles. The molecule has 5 nitrogen and oxygen atoms in total. The van der Waals surface area contributed by atoms with Crippen molar-refractivity contribution in [3.63, 3.8) is 0 Å². The molecule has 2 N–H and O–H groups in total. The number of ether oxygens (including phenoxy) is 1. The largest absolute Gasteiger partial charge is 0.469 e. The number of hydrogen-bond donors (Lipinski definition) is 1. The van der Waals surface area contributed by atoms with Crippen molar-refractivity contribution in [1.82, 2.24) is 9.47 Å². The number of carbonyl (C=O) groups excluding carboxylic acids is 1. The van der Waals surface area contributed by atoms with Crippen molar-refractivity contribution in [3.8, 4) is 5.69 Å². The summed E-state index contributed by atoms with van der Waals surface area (Å²) in [5, 5.41) is 0.874. The number of fused-ring (bicyclic) bond motifs is 3. The minimum atomic E-state index is -0.283. The molecular weight excluding hydrogens is 412 g/mol. The summed E-state index contributed by atoms with van der Waals surface area (Å²) in [6.45, 7) is 1.45. The second-order valence-corrected chi connectivity index (χ2v) is 8.36. The molecule has 32 heavy (non-hydrogen) atoms. The van der Waals surface area contributed by atoms with Gasteiger partial charge in [0.25, 0.3) is 0 Å². The van der Waals surface area contributed by atoms with Gasteiger partial charge in [-0.25, -0.2) is 8.78 Å². The van der Waals surface area contributed by atoms with Gasteiger partial charge in [-0.15, -0.1) is 0 Å². The van der Waals surface area contributed by atoms with Gasteiger partial charge in [0, 0.05) is 42.7 Å². The normalized spacial score (nSPS) is 15.0. The fraction of sp³-hybridized carbons (Fsp3) is 0.400. The molecule has 2 heterocycles. The molecule has 0 bridgehead atoms. The van der Waals surface area contributed by atoms with E-state index in [1.165, 1.54) is 25.3 Å². The zero-order chi connectivity index (χ0) is 22.7. The van der Waals surface area contributed by atoms with Crippen molar-refractivity contribution in [2.75, 3.05) is 13.7 Å². The van der Waals surface area contributed by atoms with Gasteiger partial charge in [-0.05, 0) is 60.9 Å². The minimum absolute atomic E-state index is 0.0981. The summed E-state index contributed by atoms with van der Waals surface area (Å²) in [6, 6.07) is 11.2. The molecule has 0 aliphatic carbocycles. The number of unbranched alkanes of at least 4 members (excludes halogenated alkanes) is 2. The molecule has 1 unspecified atom stereocenters. The first-order valence-electron chi connectivity index (χ1n) is 11.1. The van der Waals surface area contributed by atoms with Gasteiger partial charge in [0.15, 0.2) is 0 Å². The highest BCUT2D eigenvalue weighted by atomic mass is 19.1. The van der Waals surface area contributed by atoms with E-state index in [-0.39, 0.29) is 23.8 Å². The van der Waals surface area contributed by atoms with E-state index in [1.807, 2.05) is 0 Å². The van der Waals surface area contributed by atoms with Gasteiger partial charge in [0.05, 0.1) is 18.8 Å². The summed E-state index contributed by atoms with van der Waals surface area (Å²) < 4.78 is 34.4. The lowest BCUT2D eigenvalue weighted by Gasteiger charge is -2.33. The molecule has 7 heteroatoms. The van der Waals surface area contributed by atoms with Crippen molar-refractivity contribution in [3.05, 3.63) is 65.4 Å². The number of aromatic nitrogens is 1. The van der Waals surface area contributed by atoms with Crippen LogP contribution in [0.1, 0.15) is 43.4 Å². The van der Waals surface area contributed by atoms with E-state index in [2.05, 4.69) is 14.2 Å². The van der Waals surface area contributed by atoms with Crippen LogP contribution in [0.5, 0.6) is 0 Å². The lowest BCUT2D eigenvalue weighted by molar-refractivity contribution is -0.140. The zero-order valence-corrected chi connectivity index (χ0v) is 18.3. The van der Waals surface area contributed by atoms with E-state index in [1.54, 1.807) is 24.3 Å². The average Bonchev–Trinajstić information content (AvgIpc) is 3.12. The van der Waals surface area contributed by atoms with E-state index in [0.717, 1.165) is 66.5 Å². The van der Waals surface area contributed by atoms with Crippen LogP contribution in [-0.4, -0.2) is 35.3 Å². The Morgan fingerprint density at radius 3 is 2.59 bits per heavy atom. The van der Waals surface area contributed by atoms with E-state index < -0.39 is 0 Å². The topological polar surface area (TPSA) is 60.5 Å². The minimum Gasteiger partial charge on any atom is -0.469 e. The summed E-state index contributed by atoms with van der Waals surface area (Å²) in [6.07, 6.45) is 4.62. The second-order valence-electron chi connectivity index (χ2n) is 8.36. The third kappa shape index (κ3) is 4.69. The lowest BCUT2D eigenvalue weighted by atomic mass is 10.0. The van der Waals surface area contributed by atoms with Crippen LogP contribution in [0.2, 0.25) is 0 Å². The predicted molar refractivity (Wildman–Crippen MR) is 120 cm³/mol. The Morgan fingerprint density at radius 1 is 1.09 bits per heavy atom. The van der Waals surface area contributed by atoms with Crippen LogP contribution in [0.15, 0.2) is 42.5 Å². The third-order valence-corrected chi connectivity index (χ3v) is 6.30. The third-order valence-electron chi connectivity index (χ3n) is 6.30. The first kappa shape index (κ1) is 22.4. The fourth-order valence-corrected chi connectivity index (χ4v) is 4.60. The van der Waals surface area contributed by atoms with Crippen molar-refractivity contribution in [2.24, 2.45) is 5.73 Å². The average molecular weight is 442 g/mol. The van der Waals surface area contributed by atoms with Crippen LogP contribution >= 0.6 is 0 Å². The molecule has 1 aromatic heterocycles. The van der Waals surface area contributed by atoms with Crippen LogP contribution in [-0.2, 0) is 22.5 Å². The first-order chi connectivity index (χ1) is 15.5. The smallest absolute Gasteiger partial charge is 0.305 e. The highest BCUT2D eigenvalue weighted by Crippen LogP contribution is 2.34. The first-order valence-corrected chi connectivity index (χ1v) is 11.1. The number of nitrogens with two attached hydrogens (primary N) is 1. The molecule has 4 rings (SSSR count). The fourth-order valence-electron chi connectivity index (χ4n) is 4.60. The van der Waals surface area contributed by atoms with E-state index in [9.17, 15) is 13.6 Å². The van der Waals surface area contributed by atoms with E-state index in [4.69, 9.17) is 5.73 Å². The van der Waals surface area contributed by atoms with Gasteiger partial charge in [-0.2, -0.15) is 0 Å².